The molecule has 2 atom stereocenters. The van der Waals surface area contributed by atoms with E-state index >= 15 is 4.79 Å². The van der Waals surface area contributed by atoms with Crippen LogP contribution in [0.15, 0.2) is 78.9 Å². The molecule has 0 fully saturated rings. The first kappa shape index (κ1) is 24.7. The van der Waals surface area contributed by atoms with E-state index in [9.17, 15) is 17.6 Å². The summed E-state index contributed by atoms with van der Waals surface area (Å²) in [7, 11) is 0. The second-order valence-electron chi connectivity index (χ2n) is 10.0. The minimum atomic E-state index is -4.95. The number of carbonyl (C=O) groups excluding carboxylic acids is 1. The number of rotatable bonds is 3. The van der Waals surface area contributed by atoms with E-state index in [1.54, 1.807) is 60.7 Å². The van der Waals surface area contributed by atoms with Crippen molar-refractivity contribution in [1.29, 1.82) is 0 Å². The molecule has 7 rings (SSSR count). The summed E-state index contributed by atoms with van der Waals surface area (Å²) in [5, 5.41) is 0. The lowest BCUT2D eigenvalue weighted by atomic mass is 9.77. The molecule has 3 aliphatic heterocycles. The predicted octanol–water partition coefficient (Wildman–Crippen LogP) is 6.69. The minimum absolute atomic E-state index is 0.00638. The molecule has 0 saturated heterocycles. The van der Waals surface area contributed by atoms with Crippen LogP contribution in [0.1, 0.15) is 27.8 Å². The van der Waals surface area contributed by atoms with Crippen molar-refractivity contribution >= 4 is 17.3 Å². The zero-order valence-electron chi connectivity index (χ0n) is 20.8. The first-order chi connectivity index (χ1) is 19.2. The number of quaternary nitrogens is 1. The lowest BCUT2D eigenvalue weighted by molar-refractivity contribution is -0.139. The normalized spacial score (nSPS) is 22.4. The number of halogens is 4. The topological polar surface area (TPSA) is 44.8 Å². The molecule has 0 bridgehead atoms. The van der Waals surface area contributed by atoms with Gasteiger partial charge < -0.3 is 14.2 Å². The minimum Gasteiger partial charge on any atom is -0.491 e. The molecule has 0 N–H and O–H groups in total. The van der Waals surface area contributed by atoms with E-state index in [1.807, 2.05) is 0 Å². The smallest absolute Gasteiger partial charge is 0.422 e. The molecular weight excluding hydrogens is 526 g/mol. The van der Waals surface area contributed by atoms with Crippen molar-refractivity contribution in [2.75, 3.05) is 13.4 Å². The van der Waals surface area contributed by atoms with Crippen LogP contribution >= 0.6 is 0 Å². The van der Waals surface area contributed by atoms with Gasteiger partial charge >= 0.3 is 12.1 Å². The fourth-order valence-corrected chi connectivity index (χ4v) is 6.24. The molecule has 40 heavy (non-hydrogen) atoms. The Bertz CT molecular complexity index is 1720. The highest BCUT2D eigenvalue weighted by atomic mass is 19.4. The number of amides is 1. The molecule has 4 aromatic rings. The molecule has 5 nitrogen and oxygen atoms in total. The number of ether oxygens (including phenoxy) is 3. The van der Waals surface area contributed by atoms with Crippen molar-refractivity contribution in [3.05, 3.63) is 119 Å². The van der Waals surface area contributed by atoms with Gasteiger partial charge in [0, 0.05) is 34.9 Å². The van der Waals surface area contributed by atoms with Crippen LogP contribution in [-0.4, -0.2) is 19.3 Å². The number of carbonyl (C=O) groups is 1. The number of hydrogen-bond acceptors (Lipinski definition) is 4. The van der Waals surface area contributed by atoms with Crippen molar-refractivity contribution in [3.63, 3.8) is 0 Å². The van der Waals surface area contributed by atoms with Crippen molar-refractivity contribution in [3.8, 4) is 17.2 Å². The van der Waals surface area contributed by atoms with E-state index < -0.39 is 39.0 Å². The molecule has 2 unspecified atom stereocenters. The molecule has 1 spiro atoms. The monoisotopic (exact) mass is 546 g/mol. The maximum Gasteiger partial charge on any atom is 0.422 e. The van der Waals surface area contributed by atoms with E-state index in [2.05, 4.69) is 0 Å². The predicted molar refractivity (Wildman–Crippen MR) is 137 cm³/mol. The zero-order valence-corrected chi connectivity index (χ0v) is 20.8. The van der Waals surface area contributed by atoms with Crippen molar-refractivity contribution in [1.82, 2.24) is 4.48 Å². The van der Waals surface area contributed by atoms with Gasteiger partial charge in [-0.15, -0.1) is 0 Å². The van der Waals surface area contributed by atoms with Gasteiger partial charge in [0.2, 0.25) is 6.79 Å². The number of hydrogen-bond donors (Lipinski definition) is 0. The molecule has 4 aromatic carbocycles. The highest BCUT2D eigenvalue weighted by Crippen LogP contribution is 2.61. The summed E-state index contributed by atoms with van der Waals surface area (Å²) in [4.78, 5) is 15.2. The summed E-state index contributed by atoms with van der Waals surface area (Å²) in [5.74, 6) is -0.409. The van der Waals surface area contributed by atoms with Gasteiger partial charge in [0.15, 0.2) is 28.3 Å². The Morgan fingerprint density at radius 2 is 1.55 bits per heavy atom. The molecule has 0 aliphatic carbocycles. The molecule has 3 aliphatic rings. The third kappa shape index (κ3) is 3.21. The van der Waals surface area contributed by atoms with Crippen LogP contribution in [0, 0.1) is 12.7 Å². The highest BCUT2D eigenvalue weighted by Gasteiger charge is 2.68. The summed E-state index contributed by atoms with van der Waals surface area (Å²) < 4.78 is 74.2. The van der Waals surface area contributed by atoms with Crippen LogP contribution in [0.3, 0.4) is 0 Å². The molecule has 3 heterocycles. The van der Waals surface area contributed by atoms with Gasteiger partial charge in [-0.3, -0.25) is 0 Å². The largest absolute Gasteiger partial charge is 0.491 e. The second kappa shape index (κ2) is 8.32. The summed E-state index contributed by atoms with van der Waals surface area (Å²) >= 11 is 0. The maximum absolute atomic E-state index is 15.2. The van der Waals surface area contributed by atoms with Crippen molar-refractivity contribution < 1.29 is 36.6 Å². The Kier molecular flexibility index (Phi) is 5.13. The third-order valence-electron chi connectivity index (χ3n) is 8.00. The Hall–Kier alpha value is -4.37. The van der Waals surface area contributed by atoms with Crippen molar-refractivity contribution in [2.24, 2.45) is 0 Å². The quantitative estimate of drug-likeness (QED) is 0.212. The number of benzene rings is 4. The van der Waals surface area contributed by atoms with Gasteiger partial charge in [-0.2, -0.15) is 17.7 Å². The molecule has 200 valence electrons. The standard InChI is InChI=1S/C31H20F4NO4/c1-18-6-2-3-7-19(18)15-36(25-11-10-20(32)12-22(25)31(33,34)35)24-9-5-4-8-21(24)30(29(36)37)16-38-26-14-28-27(13-23(26)30)39-17-40-28/h1-14H,15-17H2/q+1. The van der Waals surface area contributed by atoms with Gasteiger partial charge in [0.25, 0.3) is 0 Å². The zero-order chi connectivity index (χ0) is 27.9. The van der Waals surface area contributed by atoms with Crippen LogP contribution in [0.25, 0.3) is 0 Å². The van der Waals surface area contributed by atoms with Crippen LogP contribution in [0.4, 0.5) is 28.9 Å². The third-order valence-corrected chi connectivity index (χ3v) is 8.00. The number of nitrogens with zero attached hydrogens (tertiary/aromatic N) is 1. The summed E-state index contributed by atoms with van der Waals surface area (Å²) in [6.07, 6.45) is -4.95. The van der Waals surface area contributed by atoms with Crippen LogP contribution < -0.4 is 18.7 Å². The van der Waals surface area contributed by atoms with Crippen molar-refractivity contribution in [2.45, 2.75) is 18.1 Å². The van der Waals surface area contributed by atoms with E-state index in [0.29, 0.717) is 51.3 Å². The number of para-hydroxylation sites is 1. The van der Waals surface area contributed by atoms with E-state index in [-0.39, 0.29) is 19.9 Å². The highest BCUT2D eigenvalue weighted by molar-refractivity contribution is 6.12. The summed E-state index contributed by atoms with van der Waals surface area (Å²) in [6, 6.07) is 19.2. The molecule has 1 amide bonds. The van der Waals surface area contributed by atoms with Crippen LogP contribution in [0.2, 0.25) is 0 Å². The summed E-state index contributed by atoms with van der Waals surface area (Å²) in [6.45, 7) is 5.88. The Morgan fingerprint density at radius 1 is 0.825 bits per heavy atom. The van der Waals surface area contributed by atoms with Gasteiger partial charge in [0.05, 0.1) is 0 Å². The van der Waals surface area contributed by atoms with Gasteiger partial charge in [-0.1, -0.05) is 42.5 Å². The lowest BCUT2D eigenvalue weighted by Gasteiger charge is -2.35. The molecular formula is C31H20F4NO4+. The molecule has 2 radical (unpaired) electrons. The first-order valence-electron chi connectivity index (χ1n) is 12.5. The molecule has 9 heteroatoms. The second-order valence-corrected chi connectivity index (χ2v) is 10.0. The fraction of sp³-hybridized carbons (Fsp3) is 0.161. The number of alkyl halides is 3. The molecule has 0 aromatic heterocycles. The van der Waals surface area contributed by atoms with Crippen LogP contribution in [0.5, 0.6) is 17.2 Å². The van der Waals surface area contributed by atoms with E-state index in [0.717, 1.165) is 12.1 Å². The van der Waals surface area contributed by atoms with Crippen LogP contribution in [-0.2, 0) is 22.9 Å². The lowest BCUT2D eigenvalue weighted by Crippen LogP contribution is -2.54. The Balaban J connectivity index is 1.57. The summed E-state index contributed by atoms with van der Waals surface area (Å²) in [5.41, 5.74) is -1.07. The average Bonchev–Trinajstić information content (AvgIpc) is 3.60. The molecule has 0 saturated carbocycles. The van der Waals surface area contributed by atoms with E-state index in [1.165, 1.54) is 0 Å². The Morgan fingerprint density at radius 3 is 2.33 bits per heavy atom. The first-order valence-corrected chi connectivity index (χ1v) is 12.5. The number of fused-ring (bicyclic) bond motifs is 5. The van der Waals surface area contributed by atoms with E-state index in [4.69, 9.17) is 21.1 Å². The SMILES string of the molecule is [CH]c1ccccc1C[N+]1(c2ccc(F)cc2C(F)(F)F)C(=O)C2(COc3cc4c(cc32)OCO4)c2ccccc21. The van der Waals surface area contributed by atoms with Gasteiger partial charge in [-0.25, -0.2) is 9.18 Å². The maximum atomic E-state index is 15.2. The van der Waals surface area contributed by atoms with Gasteiger partial charge in [0.1, 0.15) is 30.3 Å². The fourth-order valence-electron chi connectivity index (χ4n) is 6.24. The average molecular weight is 546 g/mol. The Labute approximate surface area is 226 Å². The van der Waals surface area contributed by atoms with Gasteiger partial charge in [-0.05, 0) is 30.7 Å².